The van der Waals surface area contributed by atoms with Crippen molar-refractivity contribution in [1.29, 1.82) is 0 Å². The van der Waals surface area contributed by atoms with Gasteiger partial charge in [0.1, 0.15) is 5.82 Å². The van der Waals surface area contributed by atoms with Gasteiger partial charge in [0.2, 0.25) is 5.84 Å². The minimum Gasteiger partial charge on any atom is -0.321 e. The van der Waals surface area contributed by atoms with Crippen LogP contribution in [0.15, 0.2) is 38.0 Å². The maximum absolute atomic E-state index is 12.9. The number of halogens is 2. The van der Waals surface area contributed by atoms with Crippen LogP contribution in [-0.2, 0) is 0 Å². The predicted octanol–water partition coefficient (Wildman–Crippen LogP) is 2.29. The molecule has 74 valence electrons. The molecule has 0 bridgehead atoms. The van der Waals surface area contributed by atoms with Gasteiger partial charge in [0.25, 0.3) is 0 Å². The molecule has 1 rings (SSSR count). The number of azo groups is 1. The van der Waals surface area contributed by atoms with Gasteiger partial charge in [-0.2, -0.15) is 10.2 Å². The van der Waals surface area contributed by atoms with E-state index < -0.39 is 0 Å². The van der Waals surface area contributed by atoms with E-state index >= 15 is 0 Å². The molecule has 0 unspecified atom stereocenters. The third kappa shape index (κ3) is 2.35. The lowest BCUT2D eigenvalue weighted by Gasteiger charge is -2.01. The van der Waals surface area contributed by atoms with Crippen molar-refractivity contribution in [3.63, 3.8) is 0 Å². The molecule has 1 aromatic carbocycles. The first kappa shape index (κ1) is 10.8. The highest BCUT2D eigenvalue weighted by Crippen LogP contribution is 2.19. The summed E-state index contributed by atoms with van der Waals surface area (Å²) < 4.78 is 13.6. The zero-order chi connectivity index (χ0) is 10.6. The maximum Gasteiger partial charge on any atom is 0.201 e. The van der Waals surface area contributed by atoms with Gasteiger partial charge in [-0.15, -0.1) is 5.11 Å². The van der Waals surface area contributed by atoms with Crippen LogP contribution in [0.3, 0.4) is 0 Å². The summed E-state index contributed by atoms with van der Waals surface area (Å²) in [5, 5.41) is 10.6. The molecule has 0 amide bonds. The summed E-state index contributed by atoms with van der Waals surface area (Å²) in [7, 11) is 1.48. The lowest BCUT2D eigenvalue weighted by atomic mass is 10.2. The Balaban J connectivity index is 3.22. The Labute approximate surface area is 88.8 Å². The van der Waals surface area contributed by atoms with E-state index in [4.69, 9.17) is 5.84 Å². The Morgan fingerprint density at radius 1 is 1.50 bits per heavy atom. The molecule has 4 nitrogen and oxygen atoms in total. The highest BCUT2D eigenvalue weighted by atomic mass is 79.9. The number of hydrogen-bond donors (Lipinski definition) is 1. The first-order chi connectivity index (χ1) is 6.69. The zero-order valence-corrected chi connectivity index (χ0v) is 8.99. The number of amidine groups is 1. The summed E-state index contributed by atoms with van der Waals surface area (Å²) in [5.41, 5.74) is 0.470. The number of nitrogens with two attached hydrogens (primary N) is 1. The molecule has 0 aliphatic rings. The van der Waals surface area contributed by atoms with E-state index in [0.29, 0.717) is 10.0 Å². The van der Waals surface area contributed by atoms with Crippen LogP contribution in [-0.4, -0.2) is 12.9 Å². The van der Waals surface area contributed by atoms with Crippen LogP contribution in [0.1, 0.15) is 5.56 Å². The Kier molecular flexibility index (Phi) is 3.70. The summed E-state index contributed by atoms with van der Waals surface area (Å²) in [6.45, 7) is 0. The number of hydrogen-bond acceptors (Lipinski definition) is 3. The SMILES string of the molecule is CN=NC(=NN)c1cc(F)ccc1Br. The first-order valence-electron chi connectivity index (χ1n) is 3.72. The highest BCUT2D eigenvalue weighted by Gasteiger charge is 2.08. The van der Waals surface area contributed by atoms with Gasteiger partial charge in [0.15, 0.2) is 0 Å². The van der Waals surface area contributed by atoms with E-state index in [1.807, 2.05) is 0 Å². The van der Waals surface area contributed by atoms with Gasteiger partial charge in [-0.25, -0.2) is 4.39 Å². The summed E-state index contributed by atoms with van der Waals surface area (Å²) in [5.74, 6) is 4.90. The van der Waals surface area contributed by atoms with E-state index in [2.05, 4.69) is 31.3 Å². The maximum atomic E-state index is 12.9. The van der Waals surface area contributed by atoms with Crippen molar-refractivity contribution >= 4 is 21.8 Å². The van der Waals surface area contributed by atoms with Gasteiger partial charge in [0.05, 0.1) is 0 Å². The molecule has 0 aromatic heterocycles. The number of benzene rings is 1. The lowest BCUT2D eigenvalue weighted by molar-refractivity contribution is 0.627. The van der Waals surface area contributed by atoms with Crippen molar-refractivity contribution in [2.24, 2.45) is 21.2 Å². The van der Waals surface area contributed by atoms with Crippen LogP contribution in [0.5, 0.6) is 0 Å². The number of rotatable bonds is 1. The van der Waals surface area contributed by atoms with Crippen molar-refractivity contribution in [3.8, 4) is 0 Å². The van der Waals surface area contributed by atoms with Crippen LogP contribution in [0.25, 0.3) is 0 Å². The smallest absolute Gasteiger partial charge is 0.201 e. The minimum absolute atomic E-state index is 0.180. The molecule has 0 aliphatic carbocycles. The van der Waals surface area contributed by atoms with Crippen molar-refractivity contribution < 1.29 is 4.39 Å². The normalized spacial score (nSPS) is 12.4. The highest BCUT2D eigenvalue weighted by molar-refractivity contribution is 9.10. The molecule has 0 saturated heterocycles. The summed E-state index contributed by atoms with van der Waals surface area (Å²) in [6, 6.07) is 4.16. The quantitative estimate of drug-likeness (QED) is 0.271. The van der Waals surface area contributed by atoms with E-state index in [1.165, 1.54) is 19.2 Å². The van der Waals surface area contributed by atoms with Crippen LogP contribution >= 0.6 is 15.9 Å². The molecule has 1 aromatic rings. The molecule has 0 radical (unpaired) electrons. The zero-order valence-electron chi connectivity index (χ0n) is 7.41. The summed E-state index contributed by atoms with van der Waals surface area (Å²) >= 11 is 3.24. The van der Waals surface area contributed by atoms with Crippen molar-refractivity contribution in [2.45, 2.75) is 0 Å². The Morgan fingerprint density at radius 3 is 2.79 bits per heavy atom. The molecule has 0 heterocycles. The molecule has 6 heteroatoms. The van der Waals surface area contributed by atoms with Gasteiger partial charge in [-0.05, 0) is 18.2 Å². The predicted molar refractivity (Wildman–Crippen MR) is 55.6 cm³/mol. The number of nitrogens with zero attached hydrogens (tertiary/aromatic N) is 3. The first-order valence-corrected chi connectivity index (χ1v) is 4.51. The van der Waals surface area contributed by atoms with Gasteiger partial charge in [-0.3, -0.25) is 0 Å². The fourth-order valence-electron chi connectivity index (χ4n) is 0.913. The average Bonchev–Trinajstić information content (AvgIpc) is 2.18. The molecule has 0 atom stereocenters. The average molecular weight is 259 g/mol. The standard InChI is InChI=1S/C8H8BrFN4/c1-12-14-8(13-11)6-4-5(10)2-3-7(6)9/h2-4H,11H2,1H3. The van der Waals surface area contributed by atoms with E-state index in [9.17, 15) is 4.39 Å². The Morgan fingerprint density at radius 2 is 2.21 bits per heavy atom. The molecule has 0 aliphatic heterocycles. The van der Waals surface area contributed by atoms with E-state index in [-0.39, 0.29) is 11.7 Å². The van der Waals surface area contributed by atoms with Crippen LogP contribution < -0.4 is 5.84 Å². The van der Waals surface area contributed by atoms with Crippen LogP contribution in [0.4, 0.5) is 4.39 Å². The molecule has 0 spiro atoms. The summed E-state index contributed by atoms with van der Waals surface area (Å²) in [4.78, 5) is 0. The van der Waals surface area contributed by atoms with Crippen molar-refractivity contribution in [1.82, 2.24) is 0 Å². The monoisotopic (exact) mass is 258 g/mol. The number of hydrazone groups is 1. The lowest BCUT2D eigenvalue weighted by Crippen LogP contribution is -2.02. The Hall–Kier alpha value is -1.30. The van der Waals surface area contributed by atoms with Gasteiger partial charge < -0.3 is 5.84 Å². The van der Waals surface area contributed by atoms with E-state index in [0.717, 1.165) is 0 Å². The second-order valence-corrected chi connectivity index (χ2v) is 3.23. The third-order valence-electron chi connectivity index (χ3n) is 1.49. The van der Waals surface area contributed by atoms with Gasteiger partial charge in [-0.1, -0.05) is 15.9 Å². The second kappa shape index (κ2) is 4.80. The van der Waals surface area contributed by atoms with Gasteiger partial charge in [0, 0.05) is 17.1 Å². The fraction of sp³-hybridized carbons (Fsp3) is 0.125. The molecule has 2 N–H and O–H groups in total. The minimum atomic E-state index is -0.379. The molecule has 0 fully saturated rings. The molecular formula is C8H8BrFN4. The van der Waals surface area contributed by atoms with Crippen molar-refractivity contribution in [2.75, 3.05) is 7.05 Å². The fourth-order valence-corrected chi connectivity index (χ4v) is 1.34. The van der Waals surface area contributed by atoms with Crippen molar-refractivity contribution in [3.05, 3.63) is 34.1 Å². The van der Waals surface area contributed by atoms with Gasteiger partial charge >= 0.3 is 0 Å². The molecular weight excluding hydrogens is 251 g/mol. The molecule has 14 heavy (non-hydrogen) atoms. The third-order valence-corrected chi connectivity index (χ3v) is 2.18. The summed E-state index contributed by atoms with van der Waals surface area (Å²) in [6.07, 6.45) is 0. The Bertz CT molecular complexity index is 389. The molecule has 0 saturated carbocycles. The van der Waals surface area contributed by atoms with E-state index in [1.54, 1.807) is 6.07 Å². The second-order valence-electron chi connectivity index (χ2n) is 2.38. The topological polar surface area (TPSA) is 63.1 Å². The van der Waals surface area contributed by atoms with Crippen LogP contribution in [0, 0.1) is 5.82 Å². The largest absolute Gasteiger partial charge is 0.321 e. The van der Waals surface area contributed by atoms with Crippen LogP contribution in [0.2, 0.25) is 0 Å².